The number of fused-ring (bicyclic) bond motifs is 3. The molecule has 2 heterocycles. The Hall–Kier alpha value is -2.36. The monoisotopic (exact) mass is 268 g/mol. The van der Waals surface area contributed by atoms with Crippen molar-refractivity contribution in [2.24, 2.45) is 7.05 Å². The number of hydrogen-bond acceptors (Lipinski definition) is 3. The molecule has 0 saturated heterocycles. The number of aromatic nitrogens is 2. The summed E-state index contributed by atoms with van der Waals surface area (Å²) in [6.07, 6.45) is 4.81. The summed E-state index contributed by atoms with van der Waals surface area (Å²) in [6, 6.07) is 8.32. The highest BCUT2D eigenvalue weighted by molar-refractivity contribution is 6.07. The second-order valence-corrected chi connectivity index (χ2v) is 4.88. The molecule has 0 radical (unpaired) electrons. The highest BCUT2D eigenvalue weighted by Crippen LogP contribution is 2.28. The summed E-state index contributed by atoms with van der Waals surface area (Å²) in [5.41, 5.74) is 3.47. The molecule has 0 aliphatic carbocycles. The van der Waals surface area contributed by atoms with Gasteiger partial charge in [-0.25, -0.2) is 0 Å². The number of methoxy groups -OCH3 is 1. The summed E-state index contributed by atoms with van der Waals surface area (Å²) in [5, 5.41) is 2.35. The minimum absolute atomic E-state index is 0.175. The van der Waals surface area contributed by atoms with Gasteiger partial charge >= 0.3 is 5.97 Å². The zero-order valence-corrected chi connectivity index (χ0v) is 11.6. The number of carbonyl (C=O) groups is 1. The van der Waals surface area contributed by atoms with Gasteiger partial charge in [0.25, 0.3) is 0 Å². The maximum absolute atomic E-state index is 11.2. The molecule has 1 aromatic carbocycles. The lowest BCUT2D eigenvalue weighted by molar-refractivity contribution is -0.140. The van der Waals surface area contributed by atoms with Gasteiger partial charge in [0.1, 0.15) is 0 Å². The van der Waals surface area contributed by atoms with E-state index in [-0.39, 0.29) is 5.97 Å². The Morgan fingerprint density at radius 3 is 2.90 bits per heavy atom. The van der Waals surface area contributed by atoms with Crippen LogP contribution in [0.25, 0.3) is 21.8 Å². The molecule has 0 saturated carbocycles. The molecular formula is C16H16N2O2. The molecule has 0 atom stereocenters. The molecule has 4 nitrogen and oxygen atoms in total. The number of rotatable bonds is 3. The zero-order chi connectivity index (χ0) is 14.1. The van der Waals surface area contributed by atoms with E-state index < -0.39 is 0 Å². The topological polar surface area (TPSA) is 44.1 Å². The Morgan fingerprint density at radius 1 is 1.25 bits per heavy atom. The van der Waals surface area contributed by atoms with Crippen LogP contribution in [0.3, 0.4) is 0 Å². The average molecular weight is 268 g/mol. The lowest BCUT2D eigenvalue weighted by Gasteiger charge is -2.03. The van der Waals surface area contributed by atoms with Crippen LogP contribution >= 0.6 is 0 Å². The van der Waals surface area contributed by atoms with Crippen LogP contribution in [0.5, 0.6) is 0 Å². The number of pyridine rings is 1. The molecule has 20 heavy (non-hydrogen) atoms. The van der Waals surface area contributed by atoms with Crippen molar-refractivity contribution in [2.75, 3.05) is 7.11 Å². The van der Waals surface area contributed by atoms with Crippen molar-refractivity contribution in [3.05, 3.63) is 42.2 Å². The van der Waals surface area contributed by atoms with Crippen LogP contribution in [0.1, 0.15) is 12.0 Å². The van der Waals surface area contributed by atoms with Gasteiger partial charge in [-0.2, -0.15) is 0 Å². The first-order chi connectivity index (χ1) is 9.70. The van der Waals surface area contributed by atoms with Crippen molar-refractivity contribution in [1.82, 2.24) is 9.55 Å². The molecule has 3 aromatic rings. The molecule has 0 aliphatic heterocycles. The van der Waals surface area contributed by atoms with Crippen molar-refractivity contribution in [1.29, 1.82) is 0 Å². The summed E-state index contributed by atoms with van der Waals surface area (Å²) >= 11 is 0. The molecule has 2 aromatic heterocycles. The van der Waals surface area contributed by atoms with Gasteiger partial charge < -0.3 is 9.30 Å². The van der Waals surface area contributed by atoms with E-state index in [9.17, 15) is 4.79 Å². The Bertz CT molecular complexity index is 790. The molecule has 3 rings (SSSR count). The lowest BCUT2D eigenvalue weighted by atomic mass is 10.1. The van der Waals surface area contributed by atoms with Gasteiger partial charge in [0.2, 0.25) is 0 Å². The standard InChI is InChI=1S/C16H16N2O2/c1-18-14-7-8-17-10-13(14)12-5-3-11(9-15(12)18)4-6-16(19)20-2/h3,5,7-10H,4,6H2,1-2H3. The van der Waals surface area contributed by atoms with Crippen molar-refractivity contribution in [3.8, 4) is 0 Å². The quantitative estimate of drug-likeness (QED) is 0.686. The van der Waals surface area contributed by atoms with Gasteiger partial charge in [-0.1, -0.05) is 12.1 Å². The molecule has 0 fully saturated rings. The second kappa shape index (κ2) is 4.96. The van der Waals surface area contributed by atoms with Crippen LogP contribution in [0.4, 0.5) is 0 Å². The van der Waals surface area contributed by atoms with E-state index in [1.54, 1.807) is 6.20 Å². The van der Waals surface area contributed by atoms with Crippen molar-refractivity contribution in [2.45, 2.75) is 12.8 Å². The number of carbonyl (C=O) groups excluding carboxylic acids is 1. The number of ether oxygens (including phenoxy) is 1. The molecule has 0 amide bonds. The largest absolute Gasteiger partial charge is 0.469 e. The number of benzene rings is 1. The predicted molar refractivity (Wildman–Crippen MR) is 78.6 cm³/mol. The van der Waals surface area contributed by atoms with Gasteiger partial charge in [0.15, 0.2) is 0 Å². The number of aryl methyl sites for hydroxylation is 2. The maximum atomic E-state index is 11.2. The normalized spacial score (nSPS) is 11.1. The first-order valence-corrected chi connectivity index (χ1v) is 6.58. The summed E-state index contributed by atoms with van der Waals surface area (Å²) in [5.74, 6) is -0.175. The third-order valence-electron chi connectivity index (χ3n) is 3.72. The summed E-state index contributed by atoms with van der Waals surface area (Å²) in [6.45, 7) is 0. The van der Waals surface area contributed by atoms with E-state index in [2.05, 4.69) is 39.5 Å². The average Bonchev–Trinajstić information content (AvgIpc) is 2.78. The zero-order valence-electron chi connectivity index (χ0n) is 11.6. The van der Waals surface area contributed by atoms with E-state index in [0.29, 0.717) is 12.8 Å². The number of nitrogens with zero attached hydrogens (tertiary/aromatic N) is 2. The van der Waals surface area contributed by atoms with Crippen LogP contribution in [-0.2, 0) is 23.0 Å². The Labute approximate surface area is 117 Å². The van der Waals surface area contributed by atoms with Crippen LogP contribution in [0, 0.1) is 0 Å². The van der Waals surface area contributed by atoms with Gasteiger partial charge in [0, 0.05) is 42.2 Å². The third kappa shape index (κ3) is 2.03. The number of hydrogen-bond donors (Lipinski definition) is 0. The fourth-order valence-electron chi connectivity index (χ4n) is 2.60. The van der Waals surface area contributed by atoms with Crippen molar-refractivity contribution in [3.63, 3.8) is 0 Å². The lowest BCUT2D eigenvalue weighted by Crippen LogP contribution is -2.01. The second-order valence-electron chi connectivity index (χ2n) is 4.88. The van der Waals surface area contributed by atoms with E-state index >= 15 is 0 Å². The van der Waals surface area contributed by atoms with Gasteiger partial charge in [0.05, 0.1) is 12.6 Å². The fourth-order valence-corrected chi connectivity index (χ4v) is 2.60. The summed E-state index contributed by atoms with van der Waals surface area (Å²) in [4.78, 5) is 15.4. The Balaban J connectivity index is 2.05. The third-order valence-corrected chi connectivity index (χ3v) is 3.72. The molecule has 0 N–H and O–H groups in total. The van der Waals surface area contributed by atoms with Gasteiger partial charge in [-0.15, -0.1) is 0 Å². The van der Waals surface area contributed by atoms with E-state index in [1.807, 2.05) is 12.3 Å². The molecule has 0 unspecified atom stereocenters. The fraction of sp³-hybridized carbons (Fsp3) is 0.250. The van der Waals surface area contributed by atoms with Crippen LogP contribution in [0.15, 0.2) is 36.7 Å². The molecule has 0 spiro atoms. The summed E-state index contributed by atoms with van der Waals surface area (Å²) < 4.78 is 6.84. The van der Waals surface area contributed by atoms with Crippen LogP contribution in [0.2, 0.25) is 0 Å². The van der Waals surface area contributed by atoms with E-state index in [4.69, 9.17) is 0 Å². The highest BCUT2D eigenvalue weighted by atomic mass is 16.5. The SMILES string of the molecule is COC(=O)CCc1ccc2c3cnccc3n(C)c2c1. The molecule has 102 valence electrons. The Morgan fingerprint density at radius 2 is 2.10 bits per heavy atom. The molecule has 0 aliphatic rings. The maximum Gasteiger partial charge on any atom is 0.305 e. The number of esters is 1. The smallest absolute Gasteiger partial charge is 0.305 e. The summed E-state index contributed by atoms with van der Waals surface area (Å²) in [7, 11) is 3.47. The predicted octanol–water partition coefficient (Wildman–Crippen LogP) is 2.83. The molecule has 4 heteroatoms. The van der Waals surface area contributed by atoms with Crippen molar-refractivity contribution >= 4 is 27.8 Å². The van der Waals surface area contributed by atoms with Gasteiger partial charge in [-0.05, 0) is 24.1 Å². The Kier molecular flexibility index (Phi) is 3.14. The van der Waals surface area contributed by atoms with Crippen LogP contribution < -0.4 is 0 Å². The minimum Gasteiger partial charge on any atom is -0.469 e. The van der Waals surface area contributed by atoms with E-state index in [1.165, 1.54) is 18.0 Å². The van der Waals surface area contributed by atoms with Crippen molar-refractivity contribution < 1.29 is 9.53 Å². The highest BCUT2D eigenvalue weighted by Gasteiger charge is 2.09. The molecular weight excluding hydrogens is 252 g/mol. The van der Waals surface area contributed by atoms with Crippen LogP contribution in [-0.4, -0.2) is 22.6 Å². The van der Waals surface area contributed by atoms with Gasteiger partial charge in [-0.3, -0.25) is 9.78 Å². The minimum atomic E-state index is -0.175. The first-order valence-electron chi connectivity index (χ1n) is 6.58. The van der Waals surface area contributed by atoms with E-state index in [0.717, 1.165) is 16.5 Å². The first kappa shape index (κ1) is 12.7. The molecule has 0 bridgehead atoms.